The van der Waals surface area contributed by atoms with Crippen LogP contribution in [0.1, 0.15) is 17.2 Å². The molecule has 1 fully saturated rings. The van der Waals surface area contributed by atoms with E-state index < -0.39 is 12.2 Å². The molecule has 0 spiro atoms. The fourth-order valence-corrected chi connectivity index (χ4v) is 4.20. The molecule has 34 heavy (non-hydrogen) atoms. The molecule has 0 radical (unpaired) electrons. The van der Waals surface area contributed by atoms with Crippen LogP contribution in [0.3, 0.4) is 0 Å². The molecule has 1 aliphatic rings. The van der Waals surface area contributed by atoms with E-state index in [1.807, 2.05) is 12.1 Å². The number of rotatable bonds is 9. The van der Waals surface area contributed by atoms with E-state index in [4.69, 9.17) is 9.47 Å². The summed E-state index contributed by atoms with van der Waals surface area (Å²) in [7, 11) is 1.66. The van der Waals surface area contributed by atoms with Crippen molar-refractivity contribution in [3.63, 3.8) is 0 Å². The van der Waals surface area contributed by atoms with E-state index in [9.17, 15) is 13.9 Å². The van der Waals surface area contributed by atoms with Gasteiger partial charge in [-0.1, -0.05) is 24.3 Å². The van der Waals surface area contributed by atoms with Gasteiger partial charge in [-0.25, -0.2) is 8.78 Å². The lowest BCUT2D eigenvalue weighted by molar-refractivity contribution is -0.00897. The molecule has 0 amide bonds. The third kappa shape index (κ3) is 6.32. The average molecular weight is 469 g/mol. The van der Waals surface area contributed by atoms with E-state index in [0.717, 1.165) is 48.7 Å². The van der Waals surface area contributed by atoms with Gasteiger partial charge in [-0.05, 0) is 59.7 Å². The second-order valence-corrected chi connectivity index (χ2v) is 8.46. The van der Waals surface area contributed by atoms with Gasteiger partial charge in [0.05, 0.1) is 19.8 Å². The second-order valence-electron chi connectivity index (χ2n) is 8.46. The molecule has 5 nitrogen and oxygen atoms in total. The van der Waals surface area contributed by atoms with Gasteiger partial charge in [0.1, 0.15) is 23.5 Å². The maximum atomic E-state index is 13.4. The highest BCUT2D eigenvalue weighted by Crippen LogP contribution is 2.27. The number of aliphatic hydroxyl groups excluding tert-OH is 1. The zero-order valence-electron chi connectivity index (χ0n) is 19.2. The van der Waals surface area contributed by atoms with Gasteiger partial charge in [0, 0.05) is 38.4 Å². The number of β-amino-alcohol motifs (C(OH)–C–C–N with tert-alkyl or cyclic N) is 1. The summed E-state index contributed by atoms with van der Waals surface area (Å²) in [5.74, 6) is 0.163. The third-order valence-corrected chi connectivity index (χ3v) is 6.08. The Morgan fingerprint density at radius 3 is 1.82 bits per heavy atom. The molecule has 1 heterocycles. The quantitative estimate of drug-likeness (QED) is 0.509. The molecule has 1 saturated heterocycles. The first-order chi connectivity index (χ1) is 16.5. The highest BCUT2D eigenvalue weighted by atomic mass is 19.1. The van der Waals surface area contributed by atoms with Gasteiger partial charge in [0.25, 0.3) is 0 Å². The molecule has 0 saturated carbocycles. The molecule has 7 heteroatoms. The number of methoxy groups -OCH3 is 1. The predicted molar refractivity (Wildman–Crippen MR) is 128 cm³/mol. The molecule has 1 N–H and O–H groups in total. The molecule has 0 bridgehead atoms. The van der Waals surface area contributed by atoms with Gasteiger partial charge in [0.2, 0.25) is 0 Å². The van der Waals surface area contributed by atoms with E-state index in [-0.39, 0.29) is 18.2 Å². The summed E-state index contributed by atoms with van der Waals surface area (Å²) in [5, 5.41) is 10.7. The SMILES string of the molecule is COc1ccc(N2CCN(C[C@@H](O)COC(c3ccc(F)cc3)c3ccc(F)cc3)CC2)cc1. The first-order valence-electron chi connectivity index (χ1n) is 11.4. The number of anilines is 1. The van der Waals surface area contributed by atoms with E-state index >= 15 is 0 Å². The zero-order valence-corrected chi connectivity index (χ0v) is 19.2. The van der Waals surface area contributed by atoms with Gasteiger partial charge in [0.15, 0.2) is 0 Å². The first-order valence-corrected chi connectivity index (χ1v) is 11.4. The van der Waals surface area contributed by atoms with Gasteiger partial charge >= 0.3 is 0 Å². The van der Waals surface area contributed by atoms with Crippen LogP contribution in [-0.2, 0) is 4.74 Å². The predicted octanol–water partition coefficient (Wildman–Crippen LogP) is 4.26. The molecule has 4 rings (SSSR count). The summed E-state index contributed by atoms with van der Waals surface area (Å²) >= 11 is 0. The Balaban J connectivity index is 1.31. The number of nitrogens with zero attached hydrogens (tertiary/aromatic N) is 2. The minimum absolute atomic E-state index is 0.109. The molecule has 3 aromatic carbocycles. The number of ether oxygens (including phenoxy) is 2. The Kier molecular flexibility index (Phi) is 8.11. The van der Waals surface area contributed by atoms with Crippen molar-refractivity contribution in [3.05, 3.63) is 95.6 Å². The Hall–Kier alpha value is -3.00. The largest absolute Gasteiger partial charge is 0.497 e. The fourth-order valence-electron chi connectivity index (χ4n) is 4.20. The minimum Gasteiger partial charge on any atom is -0.497 e. The molecular formula is C27H30F2N2O3. The minimum atomic E-state index is -0.684. The Labute approximate surface area is 199 Å². The number of benzene rings is 3. The van der Waals surface area contributed by atoms with Crippen LogP contribution in [0.25, 0.3) is 0 Å². The highest BCUT2D eigenvalue weighted by Gasteiger charge is 2.22. The van der Waals surface area contributed by atoms with Crippen LogP contribution in [-0.4, -0.2) is 62.6 Å². The molecule has 1 aliphatic heterocycles. The van der Waals surface area contributed by atoms with Crippen molar-refractivity contribution in [3.8, 4) is 5.75 Å². The molecular weight excluding hydrogens is 438 g/mol. The van der Waals surface area contributed by atoms with Gasteiger partial charge < -0.3 is 19.5 Å². The van der Waals surface area contributed by atoms with Crippen LogP contribution in [0.4, 0.5) is 14.5 Å². The Morgan fingerprint density at radius 2 is 1.32 bits per heavy atom. The molecule has 180 valence electrons. The van der Waals surface area contributed by atoms with Crippen molar-refractivity contribution >= 4 is 5.69 Å². The molecule has 3 aromatic rings. The smallest absolute Gasteiger partial charge is 0.123 e. The number of piperazine rings is 1. The summed E-state index contributed by atoms with van der Waals surface area (Å²) in [5.41, 5.74) is 2.65. The number of hydrogen-bond donors (Lipinski definition) is 1. The molecule has 0 aliphatic carbocycles. The summed E-state index contributed by atoms with van der Waals surface area (Å²) in [6.45, 7) is 4.01. The first kappa shape index (κ1) is 24.1. The molecule has 1 atom stereocenters. The average Bonchev–Trinajstić information content (AvgIpc) is 2.87. The van der Waals surface area contributed by atoms with E-state index in [2.05, 4.69) is 21.9 Å². The third-order valence-electron chi connectivity index (χ3n) is 6.08. The van der Waals surface area contributed by atoms with E-state index in [1.165, 1.54) is 24.3 Å². The van der Waals surface area contributed by atoms with E-state index in [1.54, 1.807) is 31.4 Å². The zero-order chi connectivity index (χ0) is 23.9. The molecule has 0 aromatic heterocycles. The van der Waals surface area contributed by atoms with Gasteiger partial charge in [-0.3, -0.25) is 4.90 Å². The Morgan fingerprint density at radius 1 is 0.794 bits per heavy atom. The van der Waals surface area contributed by atoms with Crippen LogP contribution < -0.4 is 9.64 Å². The lowest BCUT2D eigenvalue weighted by atomic mass is 10.0. The maximum absolute atomic E-state index is 13.4. The maximum Gasteiger partial charge on any atom is 0.123 e. The van der Waals surface area contributed by atoms with Crippen LogP contribution in [0.15, 0.2) is 72.8 Å². The van der Waals surface area contributed by atoms with Gasteiger partial charge in [-0.2, -0.15) is 0 Å². The number of aliphatic hydroxyl groups is 1. The monoisotopic (exact) mass is 468 g/mol. The van der Waals surface area contributed by atoms with Crippen molar-refractivity contribution in [1.82, 2.24) is 4.90 Å². The number of hydrogen-bond acceptors (Lipinski definition) is 5. The summed E-state index contributed by atoms with van der Waals surface area (Å²) < 4.78 is 38.1. The van der Waals surface area contributed by atoms with Crippen LogP contribution in [0.2, 0.25) is 0 Å². The summed E-state index contributed by atoms with van der Waals surface area (Å²) in [6.07, 6.45) is -1.21. The van der Waals surface area contributed by atoms with Crippen molar-refractivity contribution in [2.45, 2.75) is 12.2 Å². The topological polar surface area (TPSA) is 45.2 Å². The van der Waals surface area contributed by atoms with Crippen molar-refractivity contribution < 1.29 is 23.4 Å². The fraction of sp³-hybridized carbons (Fsp3) is 0.333. The number of halogens is 2. The van der Waals surface area contributed by atoms with Gasteiger partial charge in [-0.15, -0.1) is 0 Å². The Bertz CT molecular complexity index is 976. The lowest BCUT2D eigenvalue weighted by Gasteiger charge is -2.37. The normalized spacial score (nSPS) is 15.5. The van der Waals surface area contributed by atoms with Crippen molar-refractivity contribution in [1.29, 1.82) is 0 Å². The lowest BCUT2D eigenvalue weighted by Crippen LogP contribution is -2.49. The standard InChI is InChI=1S/C27H30F2N2O3/c1-33-26-12-10-24(11-13-26)31-16-14-30(15-17-31)18-25(32)19-34-27(20-2-6-22(28)7-3-20)21-4-8-23(29)9-5-21/h2-13,25,27,32H,14-19H2,1H3/t25-/m1/s1. The second kappa shape index (κ2) is 11.4. The highest BCUT2D eigenvalue weighted by molar-refractivity contribution is 5.49. The van der Waals surface area contributed by atoms with Crippen LogP contribution in [0.5, 0.6) is 5.75 Å². The van der Waals surface area contributed by atoms with Crippen LogP contribution >= 0.6 is 0 Å². The summed E-state index contributed by atoms with van der Waals surface area (Å²) in [6, 6.07) is 20.1. The molecule has 0 unspecified atom stereocenters. The van der Waals surface area contributed by atoms with Crippen molar-refractivity contribution in [2.75, 3.05) is 51.3 Å². The van der Waals surface area contributed by atoms with Crippen molar-refractivity contribution in [2.24, 2.45) is 0 Å². The van der Waals surface area contributed by atoms with Crippen LogP contribution in [0, 0.1) is 11.6 Å². The van der Waals surface area contributed by atoms with E-state index in [0.29, 0.717) is 6.54 Å². The summed E-state index contributed by atoms with van der Waals surface area (Å²) in [4.78, 5) is 4.54.